The summed E-state index contributed by atoms with van der Waals surface area (Å²) in [6, 6.07) is 0.314. The zero-order chi connectivity index (χ0) is 9.84. The van der Waals surface area contributed by atoms with Crippen LogP contribution in [0.1, 0.15) is 18.7 Å². The average molecular weight is 183 g/mol. The fraction of sp³-hybridized carbons (Fsp3) is 0.667. The van der Waals surface area contributed by atoms with Gasteiger partial charge in [0.15, 0.2) is 0 Å². The molecule has 1 aromatic heterocycles. The molecule has 0 spiro atoms. The predicted octanol–water partition coefficient (Wildman–Crippen LogP) is 1.44. The van der Waals surface area contributed by atoms with Gasteiger partial charge >= 0.3 is 0 Å². The standard InChI is InChI=1S/C9H17N3O/c1-7-5-12(8(2)6-13-4)9(10-3)11-7/h5,8H,6H2,1-4H3,(H,10,11). The molecular formula is C9H17N3O. The van der Waals surface area contributed by atoms with E-state index < -0.39 is 0 Å². The van der Waals surface area contributed by atoms with Gasteiger partial charge in [0.2, 0.25) is 5.95 Å². The summed E-state index contributed by atoms with van der Waals surface area (Å²) in [6.07, 6.45) is 2.02. The highest BCUT2D eigenvalue weighted by Gasteiger charge is 2.09. The number of imidazole rings is 1. The molecule has 1 rings (SSSR count). The van der Waals surface area contributed by atoms with Gasteiger partial charge in [-0.25, -0.2) is 4.98 Å². The lowest BCUT2D eigenvalue weighted by Crippen LogP contribution is -2.12. The number of hydrogen-bond donors (Lipinski definition) is 1. The molecule has 0 amide bonds. The summed E-state index contributed by atoms with van der Waals surface area (Å²) in [4.78, 5) is 4.33. The Kier molecular flexibility index (Phi) is 3.31. The maximum atomic E-state index is 5.09. The maximum Gasteiger partial charge on any atom is 0.203 e. The lowest BCUT2D eigenvalue weighted by Gasteiger charge is -2.14. The van der Waals surface area contributed by atoms with Crippen molar-refractivity contribution in [2.75, 3.05) is 26.1 Å². The van der Waals surface area contributed by atoms with Gasteiger partial charge in [0.25, 0.3) is 0 Å². The van der Waals surface area contributed by atoms with Crippen molar-refractivity contribution < 1.29 is 4.74 Å². The van der Waals surface area contributed by atoms with E-state index in [0.717, 1.165) is 11.6 Å². The molecule has 4 heteroatoms. The van der Waals surface area contributed by atoms with Crippen LogP contribution in [0, 0.1) is 6.92 Å². The van der Waals surface area contributed by atoms with Crippen LogP contribution in [0.2, 0.25) is 0 Å². The Morgan fingerprint density at radius 3 is 2.92 bits per heavy atom. The summed E-state index contributed by atoms with van der Waals surface area (Å²) in [5.74, 6) is 0.891. The van der Waals surface area contributed by atoms with E-state index in [0.29, 0.717) is 12.6 Å². The van der Waals surface area contributed by atoms with Gasteiger partial charge in [0.05, 0.1) is 18.3 Å². The minimum Gasteiger partial charge on any atom is -0.383 e. The van der Waals surface area contributed by atoms with E-state index in [-0.39, 0.29) is 0 Å². The number of methoxy groups -OCH3 is 1. The molecule has 13 heavy (non-hydrogen) atoms. The van der Waals surface area contributed by atoms with E-state index in [4.69, 9.17) is 4.74 Å². The third-order valence-corrected chi connectivity index (χ3v) is 1.96. The van der Waals surface area contributed by atoms with Crippen LogP contribution in [-0.4, -0.2) is 30.3 Å². The molecule has 0 aromatic carbocycles. The topological polar surface area (TPSA) is 39.1 Å². The second-order valence-corrected chi connectivity index (χ2v) is 3.17. The zero-order valence-corrected chi connectivity index (χ0v) is 8.66. The van der Waals surface area contributed by atoms with E-state index in [1.807, 2.05) is 20.2 Å². The molecule has 1 heterocycles. The Hall–Kier alpha value is -1.03. The van der Waals surface area contributed by atoms with Gasteiger partial charge < -0.3 is 14.6 Å². The summed E-state index contributed by atoms with van der Waals surface area (Å²) < 4.78 is 7.17. The average Bonchev–Trinajstić information content (AvgIpc) is 2.47. The molecule has 0 radical (unpaired) electrons. The van der Waals surface area contributed by atoms with Gasteiger partial charge in [-0.1, -0.05) is 0 Å². The lowest BCUT2D eigenvalue weighted by atomic mass is 10.3. The van der Waals surface area contributed by atoms with Crippen LogP contribution in [0.25, 0.3) is 0 Å². The number of nitrogens with zero attached hydrogens (tertiary/aromatic N) is 2. The first kappa shape index (κ1) is 10.1. The summed E-state index contributed by atoms with van der Waals surface area (Å²) in [5.41, 5.74) is 1.02. The molecule has 0 saturated carbocycles. The first-order valence-electron chi connectivity index (χ1n) is 4.41. The number of aromatic nitrogens is 2. The first-order valence-corrected chi connectivity index (χ1v) is 4.41. The van der Waals surface area contributed by atoms with Gasteiger partial charge in [-0.3, -0.25) is 0 Å². The Labute approximate surface area is 78.9 Å². The van der Waals surface area contributed by atoms with Gasteiger partial charge in [0, 0.05) is 20.4 Å². The molecule has 0 fully saturated rings. The Bertz CT molecular complexity index is 270. The fourth-order valence-electron chi connectivity index (χ4n) is 1.36. The molecular weight excluding hydrogens is 166 g/mol. The quantitative estimate of drug-likeness (QED) is 0.767. The Morgan fingerprint density at radius 1 is 1.69 bits per heavy atom. The van der Waals surface area contributed by atoms with Crippen molar-refractivity contribution in [2.24, 2.45) is 0 Å². The number of aryl methyl sites for hydroxylation is 1. The maximum absolute atomic E-state index is 5.09. The third-order valence-electron chi connectivity index (χ3n) is 1.96. The number of hydrogen-bond acceptors (Lipinski definition) is 3. The summed E-state index contributed by atoms with van der Waals surface area (Å²) in [5, 5.41) is 3.05. The molecule has 0 aliphatic carbocycles. The van der Waals surface area contributed by atoms with Gasteiger partial charge in [-0.05, 0) is 13.8 Å². The van der Waals surface area contributed by atoms with E-state index >= 15 is 0 Å². The molecule has 1 N–H and O–H groups in total. The van der Waals surface area contributed by atoms with E-state index in [2.05, 4.69) is 21.8 Å². The van der Waals surface area contributed by atoms with Gasteiger partial charge in [-0.15, -0.1) is 0 Å². The normalized spacial score (nSPS) is 12.9. The monoisotopic (exact) mass is 183 g/mol. The molecule has 1 unspecified atom stereocenters. The minimum atomic E-state index is 0.314. The van der Waals surface area contributed by atoms with Gasteiger partial charge in [-0.2, -0.15) is 0 Å². The molecule has 1 aromatic rings. The molecule has 4 nitrogen and oxygen atoms in total. The molecule has 0 aliphatic heterocycles. The van der Waals surface area contributed by atoms with Crippen molar-refractivity contribution in [3.63, 3.8) is 0 Å². The van der Waals surface area contributed by atoms with E-state index in [9.17, 15) is 0 Å². The van der Waals surface area contributed by atoms with Crippen molar-refractivity contribution in [3.05, 3.63) is 11.9 Å². The van der Waals surface area contributed by atoms with Crippen molar-refractivity contribution >= 4 is 5.95 Å². The highest BCUT2D eigenvalue weighted by Crippen LogP contribution is 2.15. The zero-order valence-electron chi connectivity index (χ0n) is 8.66. The first-order chi connectivity index (χ1) is 6.19. The number of ether oxygens (including phenoxy) is 1. The van der Waals surface area contributed by atoms with E-state index in [1.54, 1.807) is 7.11 Å². The van der Waals surface area contributed by atoms with Crippen LogP contribution < -0.4 is 5.32 Å². The Morgan fingerprint density at radius 2 is 2.38 bits per heavy atom. The molecule has 74 valence electrons. The third kappa shape index (κ3) is 2.21. The van der Waals surface area contributed by atoms with Crippen LogP contribution in [-0.2, 0) is 4.74 Å². The van der Waals surface area contributed by atoms with Crippen molar-refractivity contribution in [1.82, 2.24) is 9.55 Å². The predicted molar refractivity (Wildman–Crippen MR) is 53.1 cm³/mol. The van der Waals surface area contributed by atoms with Crippen molar-refractivity contribution in [2.45, 2.75) is 19.9 Å². The van der Waals surface area contributed by atoms with Crippen molar-refractivity contribution in [1.29, 1.82) is 0 Å². The summed E-state index contributed by atoms with van der Waals surface area (Å²) in [7, 11) is 3.58. The molecule has 0 saturated heterocycles. The van der Waals surface area contributed by atoms with Crippen molar-refractivity contribution in [3.8, 4) is 0 Å². The summed E-state index contributed by atoms with van der Waals surface area (Å²) in [6.45, 7) is 4.78. The number of anilines is 1. The molecule has 0 bridgehead atoms. The van der Waals surface area contributed by atoms with Crippen LogP contribution in [0.5, 0.6) is 0 Å². The second kappa shape index (κ2) is 4.28. The highest BCUT2D eigenvalue weighted by atomic mass is 16.5. The van der Waals surface area contributed by atoms with Crippen LogP contribution in [0.15, 0.2) is 6.20 Å². The highest BCUT2D eigenvalue weighted by molar-refractivity contribution is 5.28. The lowest BCUT2D eigenvalue weighted by molar-refractivity contribution is 0.163. The van der Waals surface area contributed by atoms with Crippen LogP contribution >= 0.6 is 0 Å². The van der Waals surface area contributed by atoms with Gasteiger partial charge in [0.1, 0.15) is 0 Å². The summed E-state index contributed by atoms with van der Waals surface area (Å²) >= 11 is 0. The molecule has 0 aliphatic rings. The fourth-order valence-corrected chi connectivity index (χ4v) is 1.36. The smallest absolute Gasteiger partial charge is 0.203 e. The molecule has 1 atom stereocenters. The minimum absolute atomic E-state index is 0.314. The SMILES string of the molecule is CNc1nc(C)cn1C(C)COC. The second-order valence-electron chi connectivity index (χ2n) is 3.17. The largest absolute Gasteiger partial charge is 0.383 e. The van der Waals surface area contributed by atoms with Crippen LogP contribution in [0.3, 0.4) is 0 Å². The Balaban J connectivity index is 2.84. The van der Waals surface area contributed by atoms with E-state index in [1.165, 1.54) is 0 Å². The van der Waals surface area contributed by atoms with Crippen LogP contribution in [0.4, 0.5) is 5.95 Å². The number of rotatable bonds is 4. The number of nitrogens with one attached hydrogen (secondary N) is 1.